The Kier molecular flexibility index (Phi) is 10.1. The van der Waals surface area contributed by atoms with Gasteiger partial charge in [0, 0.05) is 10.1 Å². The van der Waals surface area contributed by atoms with Crippen LogP contribution in [0.15, 0.2) is 30.3 Å². The SMILES string of the molecule is Cc1c(F)c(F)c(O[P+](=O)N[C@@H](C)C(=O)OC2CCCCC2)c(F)c1F.[O-]c1ccccc1. The number of carbonyl (C=O) groups excluding carboxylic acids is 1. The maximum Gasteiger partial charge on any atom is 0.664 e. The number of rotatable bonds is 6. The van der Waals surface area contributed by atoms with Gasteiger partial charge in [-0.25, -0.2) is 13.3 Å². The quantitative estimate of drug-likeness (QED) is 0.260. The molecule has 0 aliphatic heterocycles. The van der Waals surface area contributed by atoms with Crippen molar-refractivity contribution < 1.29 is 41.3 Å². The van der Waals surface area contributed by atoms with Crippen LogP contribution in [0.25, 0.3) is 0 Å². The molecule has 1 aliphatic rings. The Morgan fingerprint density at radius 2 is 1.58 bits per heavy atom. The fraction of sp³-hybridized carbons (Fsp3) is 0.409. The Labute approximate surface area is 189 Å². The van der Waals surface area contributed by atoms with Crippen LogP contribution in [-0.4, -0.2) is 18.1 Å². The summed E-state index contributed by atoms with van der Waals surface area (Å²) in [5, 5.41) is 12.4. The molecule has 3 rings (SSSR count). The molecule has 0 amide bonds. The Morgan fingerprint density at radius 1 is 1.03 bits per heavy atom. The predicted octanol–water partition coefficient (Wildman–Crippen LogP) is 5.20. The van der Waals surface area contributed by atoms with E-state index >= 15 is 0 Å². The standard InChI is InChI=1S/C16H19F4NO4P.C6H6O/c1-8-11(17)13(19)15(14(20)12(8)18)25-26(23)21-9(2)16(22)24-10-6-4-3-5-7-10;7-6-4-2-1-3-5-6/h9-10H,3-7H2,1-2H3,(H,21,23);1-5,7H/q+1;/p-1/t9-;/m0./s1. The number of benzene rings is 2. The molecule has 0 saturated heterocycles. The van der Waals surface area contributed by atoms with Gasteiger partial charge in [-0.1, -0.05) is 41.8 Å². The second-order valence-corrected chi connectivity index (χ2v) is 8.37. The highest BCUT2D eigenvalue weighted by molar-refractivity contribution is 7.37. The molecule has 0 heterocycles. The number of nitrogens with one attached hydrogen (secondary N) is 1. The number of para-hydroxylation sites is 1. The molecule has 1 saturated carbocycles. The maximum atomic E-state index is 13.7. The average Bonchev–Trinajstić information content (AvgIpc) is 2.81. The minimum atomic E-state index is -3.03. The first-order valence-electron chi connectivity index (χ1n) is 10.3. The third-order valence-electron chi connectivity index (χ3n) is 4.85. The van der Waals surface area contributed by atoms with Crippen LogP contribution in [0.4, 0.5) is 17.6 Å². The van der Waals surface area contributed by atoms with Crippen molar-refractivity contribution in [3.05, 3.63) is 59.2 Å². The summed E-state index contributed by atoms with van der Waals surface area (Å²) in [7, 11) is -3.03. The van der Waals surface area contributed by atoms with Gasteiger partial charge in [0.1, 0.15) is 12.1 Å². The van der Waals surface area contributed by atoms with Gasteiger partial charge in [0.15, 0.2) is 11.6 Å². The molecule has 1 fully saturated rings. The molecule has 6 nitrogen and oxygen atoms in total. The summed E-state index contributed by atoms with van der Waals surface area (Å²) in [4.78, 5) is 11.9. The highest BCUT2D eigenvalue weighted by Gasteiger charge is 2.35. The lowest BCUT2D eigenvalue weighted by Crippen LogP contribution is -2.35. The number of halogens is 4. The summed E-state index contributed by atoms with van der Waals surface area (Å²) in [6.45, 7) is 2.17. The molecule has 0 radical (unpaired) electrons. The van der Waals surface area contributed by atoms with E-state index in [1.807, 2.05) is 6.07 Å². The maximum absolute atomic E-state index is 13.7. The van der Waals surface area contributed by atoms with E-state index in [0.717, 1.165) is 39.0 Å². The van der Waals surface area contributed by atoms with Crippen LogP contribution in [0.1, 0.15) is 44.6 Å². The van der Waals surface area contributed by atoms with Gasteiger partial charge in [-0.3, -0.25) is 4.79 Å². The third kappa shape index (κ3) is 7.68. The van der Waals surface area contributed by atoms with Crippen molar-refractivity contribution >= 4 is 14.1 Å². The highest BCUT2D eigenvalue weighted by atomic mass is 31.1. The van der Waals surface area contributed by atoms with Gasteiger partial charge in [0.25, 0.3) is 5.75 Å². The highest BCUT2D eigenvalue weighted by Crippen LogP contribution is 2.34. The van der Waals surface area contributed by atoms with Gasteiger partial charge in [-0.05, 0) is 39.5 Å². The molecule has 0 bridgehead atoms. The molecule has 0 spiro atoms. The van der Waals surface area contributed by atoms with Crippen molar-refractivity contribution in [3.8, 4) is 11.5 Å². The summed E-state index contributed by atoms with van der Waals surface area (Å²) < 4.78 is 76.0. The van der Waals surface area contributed by atoms with Crippen molar-refractivity contribution in [1.82, 2.24) is 5.09 Å². The van der Waals surface area contributed by atoms with Crippen molar-refractivity contribution in [2.75, 3.05) is 0 Å². The number of hydrogen-bond donors (Lipinski definition) is 1. The monoisotopic (exact) mass is 489 g/mol. The fourth-order valence-corrected chi connectivity index (χ4v) is 3.79. The van der Waals surface area contributed by atoms with Crippen molar-refractivity contribution in [1.29, 1.82) is 0 Å². The van der Waals surface area contributed by atoms with E-state index in [1.165, 1.54) is 19.1 Å². The van der Waals surface area contributed by atoms with Gasteiger partial charge in [0.2, 0.25) is 11.6 Å². The molecule has 1 aliphatic carbocycles. The molecular formula is C22H24F4NO5P. The molecule has 2 aromatic rings. The summed E-state index contributed by atoms with van der Waals surface area (Å²) in [5.74, 6) is -8.98. The van der Waals surface area contributed by atoms with E-state index in [2.05, 4.69) is 9.61 Å². The third-order valence-corrected chi connectivity index (χ3v) is 5.79. The van der Waals surface area contributed by atoms with Crippen LogP contribution < -0.4 is 14.7 Å². The number of hydrogen-bond acceptors (Lipinski definition) is 5. The summed E-state index contributed by atoms with van der Waals surface area (Å²) in [5.41, 5.74) is -0.861. The number of carbonyl (C=O) groups is 1. The summed E-state index contributed by atoms with van der Waals surface area (Å²) in [6, 6.07) is 7.22. The molecular weight excluding hydrogens is 465 g/mol. The molecule has 1 unspecified atom stereocenters. The van der Waals surface area contributed by atoms with Crippen molar-refractivity contribution in [2.24, 2.45) is 0 Å². The smallest absolute Gasteiger partial charge is 0.664 e. The van der Waals surface area contributed by atoms with Gasteiger partial charge in [-0.15, -0.1) is 5.75 Å². The first-order valence-corrected chi connectivity index (χ1v) is 11.5. The fourth-order valence-electron chi connectivity index (χ4n) is 2.99. The summed E-state index contributed by atoms with van der Waals surface area (Å²) >= 11 is 0. The molecule has 1 N–H and O–H groups in total. The normalized spacial score (nSPS) is 15.2. The molecule has 180 valence electrons. The second-order valence-electron chi connectivity index (χ2n) is 7.42. The molecule has 33 heavy (non-hydrogen) atoms. The van der Waals surface area contributed by atoms with Gasteiger partial charge in [0.05, 0.1) is 0 Å². The van der Waals surface area contributed by atoms with E-state index in [1.54, 1.807) is 12.1 Å². The zero-order valence-electron chi connectivity index (χ0n) is 18.1. The van der Waals surface area contributed by atoms with E-state index in [4.69, 9.17) is 4.74 Å². The largest absolute Gasteiger partial charge is 0.872 e. The first kappa shape index (κ1) is 26.5. The zero-order valence-corrected chi connectivity index (χ0v) is 19.0. The van der Waals surface area contributed by atoms with Crippen molar-refractivity contribution in [3.63, 3.8) is 0 Å². The molecule has 0 aromatic heterocycles. The van der Waals surface area contributed by atoms with Gasteiger partial charge >= 0.3 is 14.1 Å². The molecule has 2 atom stereocenters. The van der Waals surface area contributed by atoms with E-state index in [-0.39, 0.29) is 11.9 Å². The lowest BCUT2D eigenvalue weighted by atomic mass is 9.98. The Balaban J connectivity index is 0.000000468. The van der Waals surface area contributed by atoms with Crippen LogP contribution in [-0.2, 0) is 14.1 Å². The number of esters is 1. The predicted molar refractivity (Wildman–Crippen MR) is 111 cm³/mol. The Hall–Kier alpha value is -2.71. The summed E-state index contributed by atoms with van der Waals surface area (Å²) in [6.07, 6.45) is 4.20. The van der Waals surface area contributed by atoms with Crippen LogP contribution in [0.2, 0.25) is 0 Å². The Morgan fingerprint density at radius 3 is 2.06 bits per heavy atom. The lowest BCUT2D eigenvalue weighted by molar-refractivity contribution is -0.268. The van der Waals surface area contributed by atoms with Crippen LogP contribution in [0.5, 0.6) is 11.5 Å². The van der Waals surface area contributed by atoms with Crippen LogP contribution in [0, 0.1) is 30.2 Å². The average molecular weight is 489 g/mol. The molecule has 11 heteroatoms. The van der Waals surface area contributed by atoms with E-state index in [0.29, 0.717) is 0 Å². The minimum Gasteiger partial charge on any atom is -0.872 e. The zero-order chi connectivity index (χ0) is 24.5. The van der Waals surface area contributed by atoms with Gasteiger partial charge < -0.3 is 9.84 Å². The minimum absolute atomic E-state index is 0.0718. The van der Waals surface area contributed by atoms with E-state index in [9.17, 15) is 32.0 Å². The lowest BCUT2D eigenvalue weighted by Gasteiger charge is -2.22. The second kappa shape index (κ2) is 12.5. The van der Waals surface area contributed by atoms with Gasteiger partial charge in [-0.2, -0.15) is 8.78 Å². The number of ether oxygens (including phenoxy) is 1. The van der Waals surface area contributed by atoms with Crippen LogP contribution >= 0.6 is 8.18 Å². The Bertz CT molecular complexity index is 942. The van der Waals surface area contributed by atoms with E-state index < -0.39 is 54.8 Å². The van der Waals surface area contributed by atoms with Crippen molar-refractivity contribution in [2.45, 2.75) is 58.1 Å². The molecule has 2 aromatic carbocycles. The first-order chi connectivity index (χ1) is 15.6. The van der Waals surface area contributed by atoms with Crippen LogP contribution in [0.3, 0.4) is 0 Å². The topological polar surface area (TPSA) is 87.7 Å².